The highest BCUT2D eigenvalue weighted by atomic mass is 19.4. The minimum atomic E-state index is -4.34. The van der Waals surface area contributed by atoms with Crippen LogP contribution in [-0.2, 0) is 12.6 Å². The first kappa shape index (κ1) is 13.7. The van der Waals surface area contributed by atoms with E-state index < -0.39 is 11.7 Å². The van der Waals surface area contributed by atoms with Crippen LogP contribution in [0.25, 0.3) is 22.6 Å². The first-order chi connectivity index (χ1) is 9.99. The molecule has 0 saturated carbocycles. The van der Waals surface area contributed by atoms with Crippen LogP contribution >= 0.6 is 0 Å². The maximum atomic E-state index is 12.5. The van der Waals surface area contributed by atoms with Crippen LogP contribution < -0.4 is 0 Å². The monoisotopic (exact) mass is 291 g/mol. The summed E-state index contributed by atoms with van der Waals surface area (Å²) in [7, 11) is 0. The molecule has 0 aliphatic heterocycles. The standard InChI is InChI=1S/C16H12F3NO/c1-2-10-4-3-5-13-14(10)21-15(20-13)11-6-8-12(9-7-11)16(17,18)19/h3-9H,2H2,1H3. The molecule has 3 aromatic rings. The quantitative estimate of drug-likeness (QED) is 0.658. The molecule has 1 heterocycles. The Balaban J connectivity index is 2.04. The second-order valence-corrected chi connectivity index (χ2v) is 4.71. The van der Waals surface area contributed by atoms with Crippen LogP contribution in [-0.4, -0.2) is 4.98 Å². The number of aromatic nitrogens is 1. The maximum absolute atomic E-state index is 12.5. The summed E-state index contributed by atoms with van der Waals surface area (Å²) >= 11 is 0. The fourth-order valence-corrected chi connectivity index (χ4v) is 2.21. The van der Waals surface area contributed by atoms with Gasteiger partial charge in [-0.3, -0.25) is 0 Å². The number of hydrogen-bond acceptors (Lipinski definition) is 2. The molecule has 5 heteroatoms. The van der Waals surface area contributed by atoms with Crippen molar-refractivity contribution in [1.82, 2.24) is 4.98 Å². The number of hydrogen-bond donors (Lipinski definition) is 0. The fraction of sp³-hybridized carbons (Fsp3) is 0.188. The minimum Gasteiger partial charge on any atom is -0.436 e. The van der Waals surface area contributed by atoms with E-state index in [9.17, 15) is 13.2 Å². The number of aryl methyl sites for hydroxylation is 1. The molecule has 0 radical (unpaired) electrons. The third kappa shape index (κ3) is 2.51. The van der Waals surface area contributed by atoms with Gasteiger partial charge in [0.05, 0.1) is 5.56 Å². The lowest BCUT2D eigenvalue weighted by Gasteiger charge is -2.06. The molecule has 0 unspecified atom stereocenters. The van der Waals surface area contributed by atoms with E-state index >= 15 is 0 Å². The van der Waals surface area contributed by atoms with E-state index in [0.29, 0.717) is 22.6 Å². The molecule has 0 amide bonds. The van der Waals surface area contributed by atoms with Gasteiger partial charge in [0.2, 0.25) is 5.89 Å². The topological polar surface area (TPSA) is 26.0 Å². The number of halogens is 3. The lowest BCUT2D eigenvalue weighted by atomic mass is 10.1. The van der Waals surface area contributed by atoms with Crippen molar-refractivity contribution in [2.75, 3.05) is 0 Å². The van der Waals surface area contributed by atoms with E-state index in [1.54, 1.807) is 0 Å². The maximum Gasteiger partial charge on any atom is 0.416 e. The molecule has 0 spiro atoms. The number of nitrogens with zero attached hydrogens (tertiary/aromatic N) is 1. The number of para-hydroxylation sites is 1. The zero-order valence-electron chi connectivity index (χ0n) is 11.2. The Hall–Kier alpha value is -2.30. The predicted octanol–water partition coefficient (Wildman–Crippen LogP) is 5.08. The van der Waals surface area contributed by atoms with Crippen LogP contribution in [0.4, 0.5) is 13.2 Å². The molecular weight excluding hydrogens is 279 g/mol. The van der Waals surface area contributed by atoms with Crippen LogP contribution in [0.15, 0.2) is 46.9 Å². The van der Waals surface area contributed by atoms with Crippen molar-refractivity contribution >= 4 is 11.1 Å². The van der Waals surface area contributed by atoms with Gasteiger partial charge in [0, 0.05) is 5.56 Å². The molecule has 1 aromatic heterocycles. The fourth-order valence-electron chi connectivity index (χ4n) is 2.21. The molecule has 108 valence electrons. The number of benzene rings is 2. The van der Waals surface area contributed by atoms with E-state index in [4.69, 9.17) is 4.42 Å². The van der Waals surface area contributed by atoms with E-state index in [2.05, 4.69) is 4.98 Å². The average molecular weight is 291 g/mol. The van der Waals surface area contributed by atoms with Gasteiger partial charge in [-0.2, -0.15) is 13.2 Å². The Kier molecular flexibility index (Phi) is 3.20. The van der Waals surface area contributed by atoms with Crippen molar-refractivity contribution in [3.05, 3.63) is 53.6 Å². The first-order valence-corrected chi connectivity index (χ1v) is 6.55. The molecule has 0 saturated heterocycles. The smallest absolute Gasteiger partial charge is 0.416 e. The van der Waals surface area contributed by atoms with Gasteiger partial charge in [-0.05, 0) is 42.3 Å². The largest absolute Gasteiger partial charge is 0.436 e. The third-order valence-corrected chi connectivity index (χ3v) is 3.34. The predicted molar refractivity (Wildman–Crippen MR) is 73.8 cm³/mol. The summed E-state index contributed by atoms with van der Waals surface area (Å²) in [6, 6.07) is 10.5. The van der Waals surface area contributed by atoms with Gasteiger partial charge in [0.15, 0.2) is 5.58 Å². The first-order valence-electron chi connectivity index (χ1n) is 6.55. The van der Waals surface area contributed by atoms with Crippen LogP contribution in [0.3, 0.4) is 0 Å². The average Bonchev–Trinajstić information content (AvgIpc) is 2.90. The zero-order chi connectivity index (χ0) is 15.0. The Morgan fingerprint density at radius 2 is 1.76 bits per heavy atom. The van der Waals surface area contributed by atoms with Crippen molar-refractivity contribution < 1.29 is 17.6 Å². The van der Waals surface area contributed by atoms with Crippen LogP contribution in [0.1, 0.15) is 18.1 Å². The summed E-state index contributed by atoms with van der Waals surface area (Å²) < 4.78 is 43.4. The highest BCUT2D eigenvalue weighted by Gasteiger charge is 2.30. The van der Waals surface area contributed by atoms with Crippen molar-refractivity contribution in [3.8, 4) is 11.5 Å². The van der Waals surface area contributed by atoms with Gasteiger partial charge >= 0.3 is 6.18 Å². The lowest BCUT2D eigenvalue weighted by Crippen LogP contribution is -2.03. The third-order valence-electron chi connectivity index (χ3n) is 3.34. The second kappa shape index (κ2) is 4.91. The lowest BCUT2D eigenvalue weighted by molar-refractivity contribution is -0.137. The highest BCUT2D eigenvalue weighted by molar-refractivity contribution is 5.79. The number of rotatable bonds is 2. The van der Waals surface area contributed by atoms with Gasteiger partial charge in [-0.25, -0.2) is 4.98 Å². The summed E-state index contributed by atoms with van der Waals surface area (Å²) in [5, 5.41) is 0. The van der Waals surface area contributed by atoms with Crippen LogP contribution in [0.2, 0.25) is 0 Å². The molecule has 0 N–H and O–H groups in total. The van der Waals surface area contributed by atoms with Gasteiger partial charge < -0.3 is 4.42 Å². The molecular formula is C16H12F3NO. The van der Waals surface area contributed by atoms with Crippen LogP contribution in [0.5, 0.6) is 0 Å². The Labute approximate surface area is 119 Å². The van der Waals surface area contributed by atoms with E-state index in [1.807, 2.05) is 25.1 Å². The summed E-state index contributed by atoms with van der Waals surface area (Å²) in [6.45, 7) is 2.01. The Bertz CT molecular complexity index is 772. The van der Waals surface area contributed by atoms with E-state index in [1.165, 1.54) is 12.1 Å². The molecule has 2 aromatic carbocycles. The molecule has 0 atom stereocenters. The van der Waals surface area contributed by atoms with Crippen molar-refractivity contribution in [3.63, 3.8) is 0 Å². The summed E-state index contributed by atoms with van der Waals surface area (Å²) in [4.78, 5) is 4.34. The van der Waals surface area contributed by atoms with Gasteiger partial charge in [-0.1, -0.05) is 19.1 Å². The van der Waals surface area contributed by atoms with Crippen molar-refractivity contribution in [1.29, 1.82) is 0 Å². The second-order valence-electron chi connectivity index (χ2n) is 4.71. The number of fused-ring (bicyclic) bond motifs is 1. The Morgan fingerprint density at radius 3 is 2.38 bits per heavy atom. The molecule has 0 fully saturated rings. The van der Waals surface area contributed by atoms with Gasteiger partial charge in [-0.15, -0.1) is 0 Å². The number of oxazole rings is 1. The molecule has 2 nitrogen and oxygen atoms in total. The highest BCUT2D eigenvalue weighted by Crippen LogP contribution is 2.32. The normalized spacial score (nSPS) is 12.0. The molecule has 0 aliphatic carbocycles. The molecule has 21 heavy (non-hydrogen) atoms. The van der Waals surface area contributed by atoms with Crippen molar-refractivity contribution in [2.45, 2.75) is 19.5 Å². The van der Waals surface area contributed by atoms with E-state index in [0.717, 1.165) is 24.1 Å². The minimum absolute atomic E-state index is 0.333. The SMILES string of the molecule is CCc1cccc2nc(-c3ccc(C(F)(F)F)cc3)oc12. The molecule has 0 aliphatic rings. The number of alkyl halides is 3. The summed E-state index contributed by atoms with van der Waals surface area (Å²) in [5.41, 5.74) is 2.27. The van der Waals surface area contributed by atoms with Gasteiger partial charge in [0.25, 0.3) is 0 Å². The molecule has 3 rings (SSSR count). The van der Waals surface area contributed by atoms with Gasteiger partial charge in [0.1, 0.15) is 5.52 Å². The molecule has 0 bridgehead atoms. The Morgan fingerprint density at radius 1 is 1.05 bits per heavy atom. The van der Waals surface area contributed by atoms with E-state index in [-0.39, 0.29) is 0 Å². The zero-order valence-corrected chi connectivity index (χ0v) is 11.2. The summed E-state index contributed by atoms with van der Waals surface area (Å²) in [6.07, 6.45) is -3.53. The van der Waals surface area contributed by atoms with Crippen molar-refractivity contribution in [2.24, 2.45) is 0 Å². The van der Waals surface area contributed by atoms with Crippen LogP contribution in [0, 0.1) is 0 Å². The summed E-state index contributed by atoms with van der Waals surface area (Å²) in [5.74, 6) is 0.333.